The molecule has 0 radical (unpaired) electrons. The van der Waals surface area contributed by atoms with Gasteiger partial charge >= 0.3 is 0 Å². The van der Waals surface area contributed by atoms with Crippen molar-refractivity contribution in [3.8, 4) is 0 Å². The van der Waals surface area contributed by atoms with Crippen LogP contribution >= 0.6 is 51.3 Å². The van der Waals surface area contributed by atoms with E-state index >= 15 is 0 Å². The highest BCUT2D eigenvalue weighted by Gasteiger charge is 2.18. The van der Waals surface area contributed by atoms with Gasteiger partial charge in [0.15, 0.2) is 5.11 Å². The standard InChI is InChI=1S/C20H20BrCl2N3OS/c1-12-6-8-26(9-7-12)18-5-3-14(11-17(18)23)24-20(28)25-19(27)15-10-13(21)2-4-16(15)22/h2-5,10-12H,6-9H2,1H3,(H2,24,25,27,28). The summed E-state index contributed by atoms with van der Waals surface area (Å²) in [6.45, 7) is 4.30. The number of thiocarbonyl (C=S) groups is 1. The van der Waals surface area contributed by atoms with Crippen LogP contribution in [0.4, 0.5) is 11.4 Å². The second-order valence-electron chi connectivity index (χ2n) is 6.87. The van der Waals surface area contributed by atoms with Crippen LogP contribution in [0.5, 0.6) is 0 Å². The summed E-state index contributed by atoms with van der Waals surface area (Å²) in [4.78, 5) is 14.7. The van der Waals surface area contributed by atoms with Crippen LogP contribution in [-0.2, 0) is 0 Å². The Morgan fingerprint density at radius 1 is 1.14 bits per heavy atom. The summed E-state index contributed by atoms with van der Waals surface area (Å²) in [7, 11) is 0. The molecule has 2 N–H and O–H groups in total. The summed E-state index contributed by atoms with van der Waals surface area (Å²) in [5.41, 5.74) is 2.08. The van der Waals surface area contributed by atoms with Gasteiger partial charge in [-0.3, -0.25) is 10.1 Å². The predicted molar refractivity (Wildman–Crippen MR) is 125 cm³/mol. The summed E-state index contributed by atoms with van der Waals surface area (Å²) >= 11 is 21.2. The minimum Gasteiger partial charge on any atom is -0.370 e. The van der Waals surface area contributed by atoms with Gasteiger partial charge in [-0.2, -0.15) is 0 Å². The normalized spacial score (nSPS) is 14.6. The third-order valence-corrected chi connectivity index (χ3v) is 6.06. The van der Waals surface area contributed by atoms with E-state index in [9.17, 15) is 4.79 Å². The van der Waals surface area contributed by atoms with E-state index in [-0.39, 0.29) is 11.0 Å². The SMILES string of the molecule is CC1CCN(c2ccc(NC(=S)NC(=O)c3cc(Br)ccc3Cl)cc2Cl)CC1. The number of carbonyl (C=O) groups is 1. The zero-order valence-electron chi connectivity index (χ0n) is 15.3. The molecule has 3 rings (SSSR count). The van der Waals surface area contributed by atoms with E-state index in [1.807, 2.05) is 18.2 Å². The molecule has 1 saturated heterocycles. The van der Waals surface area contributed by atoms with Crippen molar-refractivity contribution in [2.45, 2.75) is 19.8 Å². The predicted octanol–water partition coefficient (Wildman–Crippen LogP) is 6.12. The molecular formula is C20H20BrCl2N3OS. The maximum atomic E-state index is 12.4. The number of piperidine rings is 1. The van der Waals surface area contributed by atoms with Crippen LogP contribution in [-0.4, -0.2) is 24.1 Å². The quantitative estimate of drug-likeness (QED) is 0.498. The average molecular weight is 501 g/mol. The van der Waals surface area contributed by atoms with Crippen molar-refractivity contribution in [3.05, 3.63) is 56.5 Å². The molecule has 8 heteroatoms. The van der Waals surface area contributed by atoms with Crippen LogP contribution in [0.15, 0.2) is 40.9 Å². The highest BCUT2D eigenvalue weighted by Crippen LogP contribution is 2.31. The Labute approximate surface area is 188 Å². The zero-order chi connectivity index (χ0) is 20.3. The van der Waals surface area contributed by atoms with Gasteiger partial charge in [0, 0.05) is 23.2 Å². The number of anilines is 2. The fraction of sp³-hybridized carbons (Fsp3) is 0.300. The zero-order valence-corrected chi connectivity index (χ0v) is 19.2. The molecule has 0 bridgehead atoms. The Morgan fingerprint density at radius 3 is 2.54 bits per heavy atom. The topological polar surface area (TPSA) is 44.4 Å². The molecule has 1 fully saturated rings. The number of nitrogens with one attached hydrogen (secondary N) is 2. The van der Waals surface area contributed by atoms with Crippen molar-refractivity contribution in [3.63, 3.8) is 0 Å². The number of hydrogen-bond donors (Lipinski definition) is 2. The summed E-state index contributed by atoms with van der Waals surface area (Å²) in [6.07, 6.45) is 2.34. The molecule has 1 heterocycles. The lowest BCUT2D eigenvalue weighted by atomic mass is 9.99. The Bertz CT molecular complexity index is 901. The van der Waals surface area contributed by atoms with E-state index in [1.165, 1.54) is 12.8 Å². The Balaban J connectivity index is 1.63. The molecule has 0 aromatic heterocycles. The molecule has 0 atom stereocenters. The highest BCUT2D eigenvalue weighted by molar-refractivity contribution is 9.10. The van der Waals surface area contributed by atoms with Gasteiger partial charge in [0.1, 0.15) is 0 Å². The van der Waals surface area contributed by atoms with Crippen LogP contribution in [0, 0.1) is 5.92 Å². The second-order valence-corrected chi connectivity index (χ2v) is 9.01. The molecule has 2 aromatic rings. The van der Waals surface area contributed by atoms with Gasteiger partial charge in [-0.1, -0.05) is 46.1 Å². The second kappa shape index (κ2) is 9.44. The lowest BCUT2D eigenvalue weighted by Gasteiger charge is -2.32. The molecule has 1 aliphatic rings. The van der Waals surface area contributed by atoms with Gasteiger partial charge in [0.25, 0.3) is 5.91 Å². The molecule has 1 amide bonds. The molecule has 4 nitrogen and oxygen atoms in total. The van der Waals surface area contributed by atoms with Gasteiger partial charge in [-0.05, 0) is 67.4 Å². The van der Waals surface area contributed by atoms with E-state index in [0.717, 1.165) is 29.2 Å². The van der Waals surface area contributed by atoms with Crippen molar-refractivity contribution >= 4 is 73.7 Å². The van der Waals surface area contributed by atoms with E-state index < -0.39 is 0 Å². The van der Waals surface area contributed by atoms with Crippen LogP contribution in [0.3, 0.4) is 0 Å². The van der Waals surface area contributed by atoms with Gasteiger partial charge < -0.3 is 10.2 Å². The lowest BCUT2D eigenvalue weighted by Crippen LogP contribution is -2.34. The molecule has 0 aliphatic carbocycles. The van der Waals surface area contributed by atoms with Crippen LogP contribution < -0.4 is 15.5 Å². The molecule has 0 saturated carbocycles. The molecule has 28 heavy (non-hydrogen) atoms. The van der Waals surface area contributed by atoms with Gasteiger partial charge in [-0.25, -0.2) is 0 Å². The number of benzene rings is 2. The number of rotatable bonds is 3. The number of nitrogens with zero attached hydrogens (tertiary/aromatic N) is 1. The molecule has 148 valence electrons. The van der Waals surface area contributed by atoms with E-state index in [1.54, 1.807) is 18.2 Å². The molecule has 0 unspecified atom stereocenters. The molecule has 0 spiro atoms. The number of carbonyl (C=O) groups excluding carboxylic acids is 1. The Morgan fingerprint density at radius 2 is 1.86 bits per heavy atom. The number of hydrogen-bond acceptors (Lipinski definition) is 3. The van der Waals surface area contributed by atoms with Gasteiger partial charge in [0.05, 0.1) is 21.3 Å². The van der Waals surface area contributed by atoms with Gasteiger partial charge in [-0.15, -0.1) is 0 Å². The minimum atomic E-state index is -0.381. The maximum Gasteiger partial charge on any atom is 0.258 e. The Kier molecular flexibility index (Phi) is 7.20. The number of amides is 1. The monoisotopic (exact) mass is 499 g/mol. The van der Waals surface area contributed by atoms with Crippen molar-refractivity contribution < 1.29 is 4.79 Å². The first kappa shape index (κ1) is 21.4. The van der Waals surface area contributed by atoms with E-state index in [4.69, 9.17) is 35.4 Å². The van der Waals surface area contributed by atoms with Crippen molar-refractivity contribution in [1.82, 2.24) is 5.32 Å². The minimum absolute atomic E-state index is 0.177. The Hall–Kier alpha value is -1.34. The first-order valence-corrected chi connectivity index (χ1v) is 10.9. The van der Waals surface area contributed by atoms with E-state index in [0.29, 0.717) is 21.3 Å². The van der Waals surface area contributed by atoms with Crippen molar-refractivity contribution in [2.75, 3.05) is 23.3 Å². The summed E-state index contributed by atoms with van der Waals surface area (Å²) in [6, 6.07) is 10.8. The van der Waals surface area contributed by atoms with Crippen molar-refractivity contribution in [2.24, 2.45) is 5.92 Å². The average Bonchev–Trinajstić information content (AvgIpc) is 2.64. The van der Waals surface area contributed by atoms with E-state index in [2.05, 4.69) is 38.4 Å². The summed E-state index contributed by atoms with van der Waals surface area (Å²) in [5.74, 6) is 0.379. The largest absolute Gasteiger partial charge is 0.370 e. The molecule has 1 aliphatic heterocycles. The third-order valence-electron chi connectivity index (χ3n) is 4.73. The maximum absolute atomic E-state index is 12.4. The number of halogens is 3. The fourth-order valence-electron chi connectivity index (χ4n) is 3.09. The summed E-state index contributed by atoms with van der Waals surface area (Å²) < 4.78 is 0.760. The fourth-order valence-corrected chi connectivity index (χ4v) is 4.17. The van der Waals surface area contributed by atoms with Gasteiger partial charge in [0.2, 0.25) is 0 Å². The molecule has 2 aromatic carbocycles. The first-order chi connectivity index (χ1) is 13.3. The molecular weight excluding hydrogens is 481 g/mol. The summed E-state index contributed by atoms with van der Waals surface area (Å²) in [5, 5.41) is 6.82. The first-order valence-electron chi connectivity index (χ1n) is 8.95. The highest BCUT2D eigenvalue weighted by atomic mass is 79.9. The van der Waals surface area contributed by atoms with Crippen molar-refractivity contribution in [1.29, 1.82) is 0 Å². The third kappa shape index (κ3) is 5.38. The lowest BCUT2D eigenvalue weighted by molar-refractivity contribution is 0.0978. The van der Waals surface area contributed by atoms with Crippen LogP contribution in [0.2, 0.25) is 10.0 Å². The van der Waals surface area contributed by atoms with Crippen LogP contribution in [0.25, 0.3) is 0 Å². The smallest absolute Gasteiger partial charge is 0.258 e. The van der Waals surface area contributed by atoms with Crippen LogP contribution in [0.1, 0.15) is 30.1 Å².